The summed E-state index contributed by atoms with van der Waals surface area (Å²) in [5, 5.41) is 6.47. The van der Waals surface area contributed by atoms with Crippen LogP contribution in [-0.2, 0) is 0 Å². The second-order valence-corrected chi connectivity index (χ2v) is 5.92. The molecule has 4 heteroatoms. The molecule has 1 aromatic heterocycles. The normalized spacial score (nSPS) is 10.9. The van der Waals surface area contributed by atoms with E-state index in [0.29, 0.717) is 16.4 Å². The molecule has 0 aliphatic carbocycles. The third-order valence-corrected chi connectivity index (χ3v) is 4.16. The highest BCUT2D eigenvalue weighted by Crippen LogP contribution is 2.29. The molecule has 4 aromatic rings. The lowest BCUT2D eigenvalue weighted by atomic mass is 10.1. The van der Waals surface area contributed by atoms with Crippen molar-refractivity contribution < 1.29 is 4.79 Å². The first-order valence-corrected chi connectivity index (χ1v) is 7.94. The third-order valence-electron chi connectivity index (χ3n) is 3.93. The smallest absolute Gasteiger partial charge is 0.256 e. The lowest BCUT2D eigenvalue weighted by Crippen LogP contribution is -2.13. The molecule has 4 rings (SSSR count). The summed E-state index contributed by atoms with van der Waals surface area (Å²) in [6.07, 6.45) is 0. The number of para-hydroxylation sites is 1. The summed E-state index contributed by atoms with van der Waals surface area (Å²) in [6, 6.07) is 22.7. The van der Waals surface area contributed by atoms with Crippen LogP contribution in [0.3, 0.4) is 0 Å². The van der Waals surface area contributed by atoms with Gasteiger partial charge in [0.15, 0.2) is 0 Å². The minimum atomic E-state index is -0.231. The van der Waals surface area contributed by atoms with Gasteiger partial charge in [-0.25, -0.2) is 4.98 Å². The number of fused-ring (bicyclic) bond motifs is 3. The predicted molar refractivity (Wildman–Crippen MR) is 98.7 cm³/mol. The SMILES string of the molecule is O=C(Nc1nc2ccccc2c2ccccc12)c1cccc(Cl)c1. The Morgan fingerprint density at radius 2 is 1.54 bits per heavy atom. The molecule has 1 N–H and O–H groups in total. The zero-order valence-corrected chi connectivity index (χ0v) is 13.4. The molecule has 0 saturated heterocycles. The van der Waals surface area contributed by atoms with E-state index in [2.05, 4.69) is 10.3 Å². The number of carbonyl (C=O) groups is 1. The van der Waals surface area contributed by atoms with Crippen LogP contribution in [0.5, 0.6) is 0 Å². The van der Waals surface area contributed by atoms with Crippen molar-refractivity contribution in [3.05, 3.63) is 83.4 Å². The molecule has 0 spiro atoms. The van der Waals surface area contributed by atoms with Crippen LogP contribution >= 0.6 is 11.6 Å². The van der Waals surface area contributed by atoms with Crippen LogP contribution in [0.25, 0.3) is 21.7 Å². The molecule has 1 amide bonds. The number of pyridine rings is 1. The predicted octanol–water partition coefficient (Wildman–Crippen LogP) is 5.29. The average Bonchev–Trinajstić information content (AvgIpc) is 2.62. The van der Waals surface area contributed by atoms with E-state index in [1.54, 1.807) is 24.3 Å². The summed E-state index contributed by atoms with van der Waals surface area (Å²) in [5.41, 5.74) is 1.35. The van der Waals surface area contributed by atoms with Crippen molar-refractivity contribution in [2.24, 2.45) is 0 Å². The van der Waals surface area contributed by atoms with Gasteiger partial charge in [0.2, 0.25) is 0 Å². The lowest BCUT2D eigenvalue weighted by Gasteiger charge is -2.11. The highest BCUT2D eigenvalue weighted by Gasteiger charge is 2.12. The van der Waals surface area contributed by atoms with Crippen LogP contribution in [0.2, 0.25) is 5.02 Å². The van der Waals surface area contributed by atoms with Crippen LogP contribution in [0, 0.1) is 0 Å². The molecule has 0 aliphatic heterocycles. The van der Waals surface area contributed by atoms with Crippen molar-refractivity contribution in [2.45, 2.75) is 0 Å². The Morgan fingerprint density at radius 3 is 2.33 bits per heavy atom. The molecule has 0 unspecified atom stereocenters. The van der Waals surface area contributed by atoms with Crippen molar-refractivity contribution in [3.63, 3.8) is 0 Å². The minimum absolute atomic E-state index is 0.231. The van der Waals surface area contributed by atoms with E-state index in [4.69, 9.17) is 11.6 Å². The molecule has 0 saturated carbocycles. The third kappa shape index (κ3) is 2.59. The first kappa shape index (κ1) is 14.7. The molecule has 0 fully saturated rings. The molecule has 0 radical (unpaired) electrons. The molecule has 3 aromatic carbocycles. The van der Waals surface area contributed by atoms with Gasteiger partial charge in [-0.05, 0) is 29.7 Å². The number of halogens is 1. The maximum Gasteiger partial charge on any atom is 0.256 e. The number of carbonyl (C=O) groups excluding carboxylic acids is 1. The summed E-state index contributed by atoms with van der Waals surface area (Å²) < 4.78 is 0. The summed E-state index contributed by atoms with van der Waals surface area (Å²) in [6.45, 7) is 0. The van der Waals surface area contributed by atoms with E-state index in [1.165, 1.54) is 0 Å². The van der Waals surface area contributed by atoms with Crippen LogP contribution in [0.1, 0.15) is 10.4 Å². The van der Waals surface area contributed by atoms with Gasteiger partial charge >= 0.3 is 0 Å². The fourth-order valence-electron chi connectivity index (χ4n) is 2.81. The second kappa shape index (κ2) is 5.95. The van der Waals surface area contributed by atoms with Crippen molar-refractivity contribution >= 4 is 45.0 Å². The minimum Gasteiger partial charge on any atom is -0.306 e. The molecule has 24 heavy (non-hydrogen) atoms. The molecule has 0 bridgehead atoms. The first-order chi connectivity index (χ1) is 11.7. The molecular formula is C20H13ClN2O. The fourth-order valence-corrected chi connectivity index (χ4v) is 3.00. The summed E-state index contributed by atoms with van der Waals surface area (Å²) in [7, 11) is 0. The number of nitrogens with zero attached hydrogens (tertiary/aromatic N) is 1. The van der Waals surface area contributed by atoms with Gasteiger partial charge in [0, 0.05) is 21.4 Å². The average molecular weight is 333 g/mol. The largest absolute Gasteiger partial charge is 0.306 e. The summed E-state index contributed by atoms with van der Waals surface area (Å²) in [4.78, 5) is 17.2. The summed E-state index contributed by atoms with van der Waals surface area (Å²) >= 11 is 5.97. The van der Waals surface area contributed by atoms with Gasteiger partial charge < -0.3 is 5.32 Å². The highest BCUT2D eigenvalue weighted by atomic mass is 35.5. The van der Waals surface area contributed by atoms with Gasteiger partial charge in [-0.1, -0.05) is 60.1 Å². The van der Waals surface area contributed by atoms with Crippen molar-refractivity contribution in [1.82, 2.24) is 4.98 Å². The summed E-state index contributed by atoms with van der Waals surface area (Å²) in [5.74, 6) is 0.319. The number of anilines is 1. The Balaban J connectivity index is 1.85. The van der Waals surface area contributed by atoms with Crippen LogP contribution in [-0.4, -0.2) is 10.9 Å². The van der Waals surface area contributed by atoms with Crippen molar-refractivity contribution in [1.29, 1.82) is 0 Å². The lowest BCUT2D eigenvalue weighted by molar-refractivity contribution is 0.102. The van der Waals surface area contributed by atoms with Gasteiger partial charge in [-0.3, -0.25) is 4.79 Å². The van der Waals surface area contributed by atoms with Gasteiger partial charge in [0.25, 0.3) is 5.91 Å². The van der Waals surface area contributed by atoms with Crippen LogP contribution in [0.4, 0.5) is 5.82 Å². The number of aromatic nitrogens is 1. The standard InChI is InChI=1S/C20H13ClN2O/c21-14-7-5-6-13(12-14)20(24)23-19-17-10-2-1-8-15(17)16-9-3-4-11-18(16)22-19/h1-12H,(H,22,23,24). The van der Waals surface area contributed by atoms with Gasteiger partial charge in [-0.15, -0.1) is 0 Å². The topological polar surface area (TPSA) is 42.0 Å². The first-order valence-electron chi connectivity index (χ1n) is 7.57. The Morgan fingerprint density at radius 1 is 0.833 bits per heavy atom. The molecule has 3 nitrogen and oxygen atoms in total. The van der Waals surface area contributed by atoms with E-state index >= 15 is 0 Å². The fraction of sp³-hybridized carbons (Fsp3) is 0. The Hall–Kier alpha value is -2.91. The number of nitrogens with one attached hydrogen (secondary N) is 1. The zero-order valence-electron chi connectivity index (χ0n) is 12.7. The van der Waals surface area contributed by atoms with Gasteiger partial charge in [0.05, 0.1) is 5.52 Å². The van der Waals surface area contributed by atoms with Crippen LogP contribution in [0.15, 0.2) is 72.8 Å². The molecule has 116 valence electrons. The Labute approximate surface area is 143 Å². The van der Waals surface area contributed by atoms with E-state index in [-0.39, 0.29) is 5.91 Å². The molecule has 1 heterocycles. The maximum atomic E-state index is 12.5. The number of benzene rings is 3. The Bertz CT molecular complexity index is 1080. The van der Waals surface area contributed by atoms with E-state index in [9.17, 15) is 4.79 Å². The van der Waals surface area contributed by atoms with Gasteiger partial charge in [-0.2, -0.15) is 0 Å². The number of hydrogen-bond acceptors (Lipinski definition) is 2. The van der Waals surface area contributed by atoms with Crippen LogP contribution < -0.4 is 5.32 Å². The molecular weight excluding hydrogens is 320 g/mol. The number of rotatable bonds is 2. The zero-order chi connectivity index (χ0) is 16.5. The van der Waals surface area contributed by atoms with E-state index < -0.39 is 0 Å². The van der Waals surface area contributed by atoms with Crippen molar-refractivity contribution in [2.75, 3.05) is 5.32 Å². The van der Waals surface area contributed by atoms with Crippen molar-refractivity contribution in [3.8, 4) is 0 Å². The second-order valence-electron chi connectivity index (χ2n) is 5.49. The number of hydrogen-bond donors (Lipinski definition) is 1. The quantitative estimate of drug-likeness (QED) is 0.506. The highest BCUT2D eigenvalue weighted by molar-refractivity contribution is 6.31. The monoisotopic (exact) mass is 332 g/mol. The van der Waals surface area contributed by atoms with E-state index in [0.717, 1.165) is 21.7 Å². The molecule has 0 aliphatic rings. The Kier molecular flexibility index (Phi) is 3.63. The maximum absolute atomic E-state index is 12.5. The molecule has 0 atom stereocenters. The van der Waals surface area contributed by atoms with Gasteiger partial charge in [0.1, 0.15) is 5.82 Å². The number of amides is 1. The van der Waals surface area contributed by atoms with E-state index in [1.807, 2.05) is 48.5 Å².